The molecule has 9 nitrogen and oxygen atoms in total. The summed E-state index contributed by atoms with van der Waals surface area (Å²) in [6.45, 7) is 3.49. The summed E-state index contributed by atoms with van der Waals surface area (Å²) in [6.07, 6.45) is 0.144. The number of hydrogen-bond acceptors (Lipinski definition) is 8. The third-order valence-electron chi connectivity index (χ3n) is 6.32. The lowest BCUT2D eigenvalue weighted by molar-refractivity contribution is -0.143. The van der Waals surface area contributed by atoms with Crippen LogP contribution in [0, 0.1) is 5.82 Å². The van der Waals surface area contributed by atoms with Gasteiger partial charge >= 0.3 is 6.43 Å². The first-order valence-electron chi connectivity index (χ1n) is 11.8. The normalized spacial score (nSPS) is 18.1. The van der Waals surface area contributed by atoms with Gasteiger partial charge in [-0.2, -0.15) is 22.3 Å². The molecule has 0 bridgehead atoms. The monoisotopic (exact) mass is 535 g/mol. The van der Waals surface area contributed by atoms with E-state index in [4.69, 9.17) is 9.72 Å². The number of morpholine rings is 1. The fourth-order valence-electron chi connectivity index (χ4n) is 4.43. The van der Waals surface area contributed by atoms with E-state index in [1.165, 1.54) is 6.07 Å². The zero-order valence-electron chi connectivity index (χ0n) is 20.0. The summed E-state index contributed by atoms with van der Waals surface area (Å²) in [4.78, 5) is 27.9. The van der Waals surface area contributed by atoms with Crippen LogP contribution < -0.4 is 15.5 Å². The Bertz CT molecular complexity index is 1240. The van der Waals surface area contributed by atoms with Crippen LogP contribution in [0.2, 0.25) is 0 Å². The van der Waals surface area contributed by atoms with Crippen molar-refractivity contribution < 1.29 is 22.7 Å². The highest BCUT2D eigenvalue weighted by Crippen LogP contribution is 2.30. The average Bonchev–Trinajstić information content (AvgIpc) is 2.91. The summed E-state index contributed by atoms with van der Waals surface area (Å²) < 4.78 is 46.3. The zero-order chi connectivity index (χ0) is 25.1. The van der Waals surface area contributed by atoms with Gasteiger partial charge < -0.3 is 25.2 Å². The van der Waals surface area contributed by atoms with Crippen LogP contribution in [0.1, 0.15) is 0 Å². The molecule has 2 N–H and O–H groups in total. The molecule has 1 aromatic carbocycles. The van der Waals surface area contributed by atoms with Gasteiger partial charge in [-0.1, -0.05) is 6.07 Å². The van der Waals surface area contributed by atoms with Gasteiger partial charge in [0.15, 0.2) is 5.82 Å². The number of pyridine rings is 1. The van der Waals surface area contributed by atoms with Gasteiger partial charge in [0.2, 0.25) is 0 Å². The van der Waals surface area contributed by atoms with E-state index in [1.54, 1.807) is 35.5 Å². The number of halogens is 3. The van der Waals surface area contributed by atoms with E-state index >= 15 is 4.39 Å². The SMILES string of the molecule is O=C(C(F)F)N1CCN(c2ccc(-c3cc4nccnc4c(NC[C@@H]4CNCCO4)n3)cc2F)CC1.S. The summed E-state index contributed by atoms with van der Waals surface area (Å²) in [5.74, 6) is -1.11. The number of nitrogens with one attached hydrogen (secondary N) is 2. The number of hydrogen-bond donors (Lipinski definition) is 2. The largest absolute Gasteiger partial charge is 0.374 e. The van der Waals surface area contributed by atoms with Gasteiger partial charge in [-0.3, -0.25) is 9.78 Å². The number of anilines is 2. The van der Waals surface area contributed by atoms with E-state index < -0.39 is 18.1 Å². The molecule has 0 saturated carbocycles. The Morgan fingerprint density at radius 3 is 2.65 bits per heavy atom. The number of fused-ring (bicyclic) bond motifs is 1. The Hall–Kier alpha value is -3.16. The standard InChI is InChI=1S/C24H26F3N7O2.H2S/c25-17-11-15(1-2-20(17)33-6-8-34(9-7-33)24(35)22(26)27)18-12-19-21(30-4-3-29-19)23(32-18)31-14-16-13-28-5-10-36-16;/h1-4,11-12,16,22,28H,5-10,13-14H2,(H,31,32);1H2/t16-;/m0./s1. The third kappa shape index (κ3) is 6.05. The molecule has 2 aromatic heterocycles. The van der Waals surface area contributed by atoms with Crippen LogP contribution in [0.3, 0.4) is 0 Å². The Kier molecular flexibility index (Phi) is 8.67. The second kappa shape index (κ2) is 11.9. The topological polar surface area (TPSA) is 95.5 Å². The summed E-state index contributed by atoms with van der Waals surface area (Å²) in [5.41, 5.74) is 2.68. The fraction of sp³-hybridized carbons (Fsp3) is 0.417. The van der Waals surface area contributed by atoms with Crippen LogP contribution >= 0.6 is 13.5 Å². The van der Waals surface area contributed by atoms with Crippen molar-refractivity contribution in [3.8, 4) is 11.3 Å². The molecule has 2 saturated heterocycles. The van der Waals surface area contributed by atoms with E-state index in [-0.39, 0.29) is 45.8 Å². The highest BCUT2D eigenvalue weighted by molar-refractivity contribution is 7.59. The molecule has 2 aliphatic rings. The summed E-state index contributed by atoms with van der Waals surface area (Å²) in [6, 6.07) is 6.56. The lowest BCUT2D eigenvalue weighted by atomic mass is 10.1. The second-order valence-corrected chi connectivity index (χ2v) is 8.64. The number of aromatic nitrogens is 3. The smallest absolute Gasteiger partial charge is 0.315 e. The van der Waals surface area contributed by atoms with Crippen molar-refractivity contribution in [2.24, 2.45) is 0 Å². The van der Waals surface area contributed by atoms with Crippen molar-refractivity contribution in [3.63, 3.8) is 0 Å². The average molecular weight is 536 g/mol. The first-order valence-corrected chi connectivity index (χ1v) is 11.8. The zero-order valence-corrected chi connectivity index (χ0v) is 21.0. The lowest BCUT2D eigenvalue weighted by Crippen LogP contribution is -2.50. The van der Waals surface area contributed by atoms with E-state index in [0.29, 0.717) is 46.9 Å². The van der Waals surface area contributed by atoms with Gasteiger partial charge in [-0.25, -0.2) is 14.4 Å². The van der Waals surface area contributed by atoms with Crippen LogP contribution in [0.5, 0.6) is 0 Å². The minimum atomic E-state index is -3.03. The molecule has 4 heterocycles. The molecule has 1 amide bonds. The Labute approximate surface area is 218 Å². The first kappa shape index (κ1) is 26.9. The number of ether oxygens (including phenoxy) is 1. The maximum atomic E-state index is 15.2. The molecule has 37 heavy (non-hydrogen) atoms. The molecule has 0 aliphatic carbocycles. The number of piperazine rings is 1. The number of rotatable bonds is 6. The van der Waals surface area contributed by atoms with Gasteiger partial charge in [-0.15, -0.1) is 0 Å². The van der Waals surface area contributed by atoms with E-state index in [1.807, 2.05) is 0 Å². The van der Waals surface area contributed by atoms with Gasteiger partial charge in [0.1, 0.15) is 11.3 Å². The van der Waals surface area contributed by atoms with Crippen LogP contribution in [0.4, 0.5) is 24.7 Å². The molecule has 1 atom stereocenters. The molecule has 3 aromatic rings. The van der Waals surface area contributed by atoms with Crippen molar-refractivity contribution in [3.05, 3.63) is 42.5 Å². The first-order chi connectivity index (χ1) is 17.5. The highest BCUT2D eigenvalue weighted by atomic mass is 32.1. The highest BCUT2D eigenvalue weighted by Gasteiger charge is 2.28. The molecule has 198 valence electrons. The van der Waals surface area contributed by atoms with Crippen molar-refractivity contribution in [1.82, 2.24) is 25.2 Å². The van der Waals surface area contributed by atoms with E-state index in [9.17, 15) is 13.6 Å². The number of amides is 1. The fourth-order valence-corrected chi connectivity index (χ4v) is 4.43. The number of benzene rings is 1. The van der Waals surface area contributed by atoms with Crippen molar-refractivity contribution in [2.45, 2.75) is 12.5 Å². The molecule has 13 heteroatoms. The van der Waals surface area contributed by atoms with Crippen LogP contribution in [-0.4, -0.2) is 90.7 Å². The van der Waals surface area contributed by atoms with Crippen molar-refractivity contribution in [1.29, 1.82) is 0 Å². The van der Waals surface area contributed by atoms with Gasteiger partial charge in [0, 0.05) is 63.8 Å². The van der Waals surface area contributed by atoms with Crippen LogP contribution in [0.25, 0.3) is 22.3 Å². The van der Waals surface area contributed by atoms with Crippen molar-refractivity contribution >= 4 is 41.9 Å². The number of alkyl halides is 2. The van der Waals surface area contributed by atoms with Crippen LogP contribution in [-0.2, 0) is 9.53 Å². The van der Waals surface area contributed by atoms with Gasteiger partial charge in [-0.05, 0) is 18.2 Å². The van der Waals surface area contributed by atoms with Gasteiger partial charge in [0.25, 0.3) is 5.91 Å². The molecule has 0 radical (unpaired) electrons. The molecular formula is C24H28F3N7O2S. The summed E-state index contributed by atoms with van der Waals surface area (Å²) in [7, 11) is 0. The second-order valence-electron chi connectivity index (χ2n) is 8.64. The predicted molar refractivity (Wildman–Crippen MR) is 139 cm³/mol. The minimum absolute atomic E-state index is 0. The maximum absolute atomic E-state index is 15.2. The Morgan fingerprint density at radius 1 is 1.16 bits per heavy atom. The quantitative estimate of drug-likeness (QED) is 0.497. The molecule has 0 unspecified atom stereocenters. The Morgan fingerprint density at radius 2 is 1.95 bits per heavy atom. The van der Waals surface area contributed by atoms with E-state index in [2.05, 4.69) is 20.6 Å². The summed E-state index contributed by atoms with van der Waals surface area (Å²) >= 11 is 0. The molecule has 5 rings (SSSR count). The number of carbonyl (C=O) groups is 1. The number of carbonyl (C=O) groups excluding carboxylic acids is 1. The number of nitrogens with zero attached hydrogens (tertiary/aromatic N) is 5. The van der Waals surface area contributed by atoms with Crippen LogP contribution in [0.15, 0.2) is 36.7 Å². The summed E-state index contributed by atoms with van der Waals surface area (Å²) in [5, 5.41) is 6.59. The van der Waals surface area contributed by atoms with Crippen molar-refractivity contribution in [2.75, 3.05) is 62.6 Å². The van der Waals surface area contributed by atoms with Gasteiger partial charge in [0.05, 0.1) is 29.6 Å². The molecule has 0 spiro atoms. The maximum Gasteiger partial charge on any atom is 0.315 e. The molecule has 2 aliphatic heterocycles. The molecule has 2 fully saturated rings. The van der Waals surface area contributed by atoms with E-state index in [0.717, 1.165) is 18.0 Å². The lowest BCUT2D eigenvalue weighted by Gasteiger charge is -2.36. The minimum Gasteiger partial charge on any atom is -0.374 e. The molecular weight excluding hydrogens is 507 g/mol. The Balaban J connectivity index is 0.00000320. The predicted octanol–water partition coefficient (Wildman–Crippen LogP) is 2.26. The third-order valence-corrected chi connectivity index (χ3v) is 6.32.